The van der Waals surface area contributed by atoms with Crippen LogP contribution in [0.5, 0.6) is 0 Å². The summed E-state index contributed by atoms with van der Waals surface area (Å²) in [4.78, 5) is 11.9. The molecule has 2 N–H and O–H groups in total. The highest BCUT2D eigenvalue weighted by Gasteiger charge is 2.09. The zero-order valence-electron chi connectivity index (χ0n) is 14.2. The molecule has 3 aromatic rings. The molecular weight excluding hydrogens is 338 g/mol. The fourth-order valence-corrected chi connectivity index (χ4v) is 2.48. The number of rotatable bonds is 5. The third-order valence-electron chi connectivity index (χ3n) is 3.95. The zero-order valence-corrected chi connectivity index (χ0v) is 14.2. The maximum Gasteiger partial charge on any atom is 0.315 e. The zero-order chi connectivity index (χ0) is 18.5. The van der Waals surface area contributed by atoms with Gasteiger partial charge in [0, 0.05) is 30.9 Å². The van der Waals surface area contributed by atoms with Gasteiger partial charge in [0.2, 0.25) is 0 Å². The van der Waals surface area contributed by atoms with Crippen molar-refractivity contribution in [3.63, 3.8) is 0 Å². The van der Waals surface area contributed by atoms with Crippen molar-refractivity contribution in [2.45, 2.75) is 20.0 Å². The van der Waals surface area contributed by atoms with Gasteiger partial charge in [-0.25, -0.2) is 18.3 Å². The summed E-state index contributed by atoms with van der Waals surface area (Å²) in [6, 6.07) is 10.8. The molecule has 1 aromatic heterocycles. The second-order valence-electron chi connectivity index (χ2n) is 5.85. The van der Waals surface area contributed by atoms with Crippen LogP contribution < -0.4 is 10.6 Å². The van der Waals surface area contributed by atoms with E-state index in [0.717, 1.165) is 23.3 Å². The molecule has 26 heavy (non-hydrogen) atoms. The van der Waals surface area contributed by atoms with Gasteiger partial charge in [-0.1, -0.05) is 24.3 Å². The second-order valence-corrected chi connectivity index (χ2v) is 5.85. The van der Waals surface area contributed by atoms with Gasteiger partial charge in [0.1, 0.15) is 11.5 Å². The highest BCUT2D eigenvalue weighted by molar-refractivity contribution is 5.73. The van der Waals surface area contributed by atoms with Gasteiger partial charge >= 0.3 is 6.03 Å². The molecular formula is C19H18F2N4O. The molecule has 0 aliphatic carbocycles. The summed E-state index contributed by atoms with van der Waals surface area (Å²) in [6.07, 6.45) is 3.10. The lowest BCUT2D eigenvalue weighted by Crippen LogP contribution is -2.34. The van der Waals surface area contributed by atoms with E-state index in [2.05, 4.69) is 15.7 Å². The summed E-state index contributed by atoms with van der Waals surface area (Å²) in [6.45, 7) is 2.65. The molecule has 0 atom stereocenters. The summed E-state index contributed by atoms with van der Waals surface area (Å²) in [5.41, 5.74) is 2.99. The Morgan fingerprint density at radius 1 is 1.12 bits per heavy atom. The highest BCUT2D eigenvalue weighted by Crippen LogP contribution is 2.14. The third kappa shape index (κ3) is 4.24. The first-order valence-electron chi connectivity index (χ1n) is 8.08. The minimum Gasteiger partial charge on any atom is -0.334 e. The van der Waals surface area contributed by atoms with E-state index in [1.165, 1.54) is 16.9 Å². The minimum atomic E-state index is -0.705. The summed E-state index contributed by atoms with van der Waals surface area (Å²) in [7, 11) is 0. The first-order valence-corrected chi connectivity index (χ1v) is 8.08. The van der Waals surface area contributed by atoms with Gasteiger partial charge in [0.25, 0.3) is 0 Å². The van der Waals surface area contributed by atoms with Gasteiger partial charge in [-0.3, -0.25) is 0 Å². The van der Waals surface area contributed by atoms with E-state index in [1.54, 1.807) is 6.20 Å². The molecule has 2 aromatic carbocycles. The second kappa shape index (κ2) is 7.77. The van der Waals surface area contributed by atoms with E-state index in [4.69, 9.17) is 0 Å². The molecule has 1 heterocycles. The topological polar surface area (TPSA) is 59.0 Å². The standard InChI is InChI=1S/C19H18F2N4O/c1-13-4-2-3-5-15(13)11-23-19(26)22-9-14-10-24-25(12-14)18-7-6-16(20)8-17(18)21/h2-8,10,12H,9,11H2,1H3,(H2,22,23,26). The lowest BCUT2D eigenvalue weighted by molar-refractivity contribution is 0.240. The number of aromatic nitrogens is 2. The van der Waals surface area contributed by atoms with E-state index in [1.807, 2.05) is 31.2 Å². The van der Waals surface area contributed by atoms with Gasteiger partial charge < -0.3 is 10.6 Å². The molecule has 7 heteroatoms. The van der Waals surface area contributed by atoms with E-state index >= 15 is 0 Å². The molecule has 0 saturated heterocycles. The summed E-state index contributed by atoms with van der Waals surface area (Å²) >= 11 is 0. The number of aryl methyl sites for hydroxylation is 1. The van der Waals surface area contributed by atoms with Crippen LogP contribution in [0.4, 0.5) is 13.6 Å². The van der Waals surface area contributed by atoms with Gasteiger partial charge in [0.05, 0.1) is 6.20 Å². The maximum atomic E-state index is 13.8. The van der Waals surface area contributed by atoms with Crippen molar-refractivity contribution in [1.82, 2.24) is 20.4 Å². The predicted octanol–water partition coefficient (Wildman–Crippen LogP) is 3.46. The van der Waals surface area contributed by atoms with Crippen LogP contribution in [0.2, 0.25) is 0 Å². The van der Waals surface area contributed by atoms with Crippen LogP contribution in [0.3, 0.4) is 0 Å². The molecule has 0 unspecified atom stereocenters. The number of amides is 2. The maximum absolute atomic E-state index is 13.8. The largest absolute Gasteiger partial charge is 0.334 e. The molecule has 5 nitrogen and oxygen atoms in total. The first-order chi connectivity index (χ1) is 12.5. The lowest BCUT2D eigenvalue weighted by atomic mass is 10.1. The number of carbonyl (C=O) groups excluding carboxylic acids is 1. The molecule has 0 spiro atoms. The van der Waals surface area contributed by atoms with Crippen molar-refractivity contribution >= 4 is 6.03 Å². The van der Waals surface area contributed by atoms with Crippen LogP contribution >= 0.6 is 0 Å². The van der Waals surface area contributed by atoms with Crippen molar-refractivity contribution < 1.29 is 13.6 Å². The molecule has 0 saturated carbocycles. The number of halogens is 2. The molecule has 3 rings (SSSR count). The smallest absolute Gasteiger partial charge is 0.315 e. The van der Waals surface area contributed by atoms with Gasteiger partial charge in [-0.2, -0.15) is 5.10 Å². The number of hydrogen-bond acceptors (Lipinski definition) is 2. The fourth-order valence-electron chi connectivity index (χ4n) is 2.48. The number of carbonyl (C=O) groups is 1. The van der Waals surface area contributed by atoms with E-state index in [0.29, 0.717) is 12.1 Å². The quantitative estimate of drug-likeness (QED) is 0.736. The Morgan fingerprint density at radius 2 is 1.88 bits per heavy atom. The molecule has 2 amide bonds. The van der Waals surface area contributed by atoms with Crippen molar-refractivity contribution in [3.05, 3.63) is 83.2 Å². The molecule has 0 aliphatic heterocycles. The van der Waals surface area contributed by atoms with Crippen molar-refractivity contribution in [3.8, 4) is 5.69 Å². The summed E-state index contributed by atoms with van der Waals surface area (Å²) in [5.74, 6) is -1.35. The Hall–Kier alpha value is -3.22. The highest BCUT2D eigenvalue weighted by atomic mass is 19.1. The van der Waals surface area contributed by atoms with Crippen LogP contribution in [0, 0.1) is 18.6 Å². The van der Waals surface area contributed by atoms with E-state index in [-0.39, 0.29) is 18.3 Å². The van der Waals surface area contributed by atoms with Gasteiger partial charge in [-0.05, 0) is 30.2 Å². The average Bonchev–Trinajstić information content (AvgIpc) is 3.08. The Labute approximate surface area is 149 Å². The first kappa shape index (κ1) is 17.6. The van der Waals surface area contributed by atoms with Crippen LogP contribution in [0.1, 0.15) is 16.7 Å². The monoisotopic (exact) mass is 356 g/mol. The number of urea groups is 1. The Morgan fingerprint density at radius 3 is 2.65 bits per heavy atom. The van der Waals surface area contributed by atoms with Crippen LogP contribution in [-0.2, 0) is 13.1 Å². The Bertz CT molecular complexity index is 923. The molecule has 0 fully saturated rings. The Balaban J connectivity index is 1.54. The van der Waals surface area contributed by atoms with E-state index in [9.17, 15) is 13.6 Å². The van der Waals surface area contributed by atoms with Gasteiger partial charge in [-0.15, -0.1) is 0 Å². The van der Waals surface area contributed by atoms with Crippen LogP contribution in [0.15, 0.2) is 54.9 Å². The molecule has 0 aliphatic rings. The SMILES string of the molecule is Cc1ccccc1CNC(=O)NCc1cnn(-c2ccc(F)cc2F)c1. The molecule has 0 radical (unpaired) electrons. The van der Waals surface area contributed by atoms with Crippen LogP contribution in [-0.4, -0.2) is 15.8 Å². The summed E-state index contributed by atoms with van der Waals surface area (Å²) in [5, 5.41) is 9.55. The van der Waals surface area contributed by atoms with E-state index < -0.39 is 11.6 Å². The number of nitrogens with zero attached hydrogens (tertiary/aromatic N) is 2. The minimum absolute atomic E-state index is 0.140. The van der Waals surface area contributed by atoms with Gasteiger partial charge in [0.15, 0.2) is 5.82 Å². The molecule has 134 valence electrons. The average molecular weight is 356 g/mol. The molecule has 0 bridgehead atoms. The number of benzene rings is 2. The lowest BCUT2D eigenvalue weighted by Gasteiger charge is -2.08. The van der Waals surface area contributed by atoms with Crippen LogP contribution in [0.25, 0.3) is 5.69 Å². The number of hydrogen-bond donors (Lipinski definition) is 2. The fraction of sp³-hybridized carbons (Fsp3) is 0.158. The predicted molar refractivity (Wildman–Crippen MR) is 93.7 cm³/mol. The van der Waals surface area contributed by atoms with Crippen molar-refractivity contribution in [2.24, 2.45) is 0 Å². The van der Waals surface area contributed by atoms with Crippen molar-refractivity contribution in [1.29, 1.82) is 0 Å². The van der Waals surface area contributed by atoms with Crippen molar-refractivity contribution in [2.75, 3.05) is 0 Å². The number of nitrogens with one attached hydrogen (secondary N) is 2. The normalized spacial score (nSPS) is 10.6. The summed E-state index contributed by atoms with van der Waals surface area (Å²) < 4.78 is 28.0. The third-order valence-corrected chi connectivity index (χ3v) is 3.95. The Kier molecular flexibility index (Phi) is 5.26.